The van der Waals surface area contributed by atoms with Gasteiger partial charge in [0.25, 0.3) is 0 Å². The number of amides is 2. The third-order valence-corrected chi connectivity index (χ3v) is 3.74. The molecule has 1 fully saturated rings. The fraction of sp³-hybridized carbons (Fsp3) is 0.769. The van der Waals surface area contributed by atoms with E-state index in [1.807, 2.05) is 0 Å². The van der Waals surface area contributed by atoms with Crippen LogP contribution in [0.3, 0.4) is 0 Å². The van der Waals surface area contributed by atoms with Crippen molar-refractivity contribution in [3.05, 3.63) is 0 Å². The smallest absolute Gasteiger partial charge is 0.326 e. The van der Waals surface area contributed by atoms with E-state index in [1.165, 1.54) is 0 Å². The predicted molar refractivity (Wildman–Crippen MR) is 71.4 cm³/mol. The first-order valence-corrected chi connectivity index (χ1v) is 6.94. The highest BCUT2D eigenvalue weighted by Crippen LogP contribution is 2.26. The Bertz CT molecular complexity index is 364. The number of carbonyl (C=O) groups excluding carboxylic acids is 1. The largest absolute Gasteiger partial charge is 0.481 e. The summed E-state index contributed by atoms with van der Waals surface area (Å²) in [6.07, 6.45) is 4.37. The standard InChI is InChI=1S/C13H22N2O5/c1-2-8-3-5-9(6-4-8)14-13(20)15-10(12(18)19)7-11(16)17/h8-10H,2-7H2,1H3,(H,16,17)(H,18,19)(H2,14,15,20)/t8?,9?,10-/m1/s1. The van der Waals surface area contributed by atoms with Crippen molar-refractivity contribution in [2.45, 2.75) is 57.5 Å². The monoisotopic (exact) mass is 286 g/mol. The topological polar surface area (TPSA) is 116 Å². The van der Waals surface area contributed by atoms with Crippen molar-refractivity contribution in [3.8, 4) is 0 Å². The molecule has 0 unspecified atom stereocenters. The lowest BCUT2D eigenvalue weighted by Crippen LogP contribution is -2.50. The Labute approximate surface area is 117 Å². The molecule has 7 heteroatoms. The van der Waals surface area contributed by atoms with Crippen molar-refractivity contribution in [2.24, 2.45) is 5.92 Å². The van der Waals surface area contributed by atoms with Gasteiger partial charge in [-0.2, -0.15) is 0 Å². The molecule has 1 aliphatic carbocycles. The Kier molecular flexibility index (Phi) is 6.27. The number of urea groups is 1. The molecule has 0 aromatic heterocycles. The molecule has 0 bridgehead atoms. The Balaban J connectivity index is 2.38. The maximum atomic E-state index is 11.7. The molecule has 0 heterocycles. The van der Waals surface area contributed by atoms with Crippen LogP contribution in [0.4, 0.5) is 4.79 Å². The summed E-state index contributed by atoms with van der Waals surface area (Å²) in [5.41, 5.74) is 0. The molecular weight excluding hydrogens is 264 g/mol. The SMILES string of the molecule is CCC1CCC(NC(=O)N[C@H](CC(=O)O)C(=O)O)CC1. The number of carboxylic acid groups (broad SMARTS) is 2. The zero-order chi connectivity index (χ0) is 15.1. The van der Waals surface area contributed by atoms with Crippen LogP contribution < -0.4 is 10.6 Å². The minimum absolute atomic E-state index is 0.0390. The highest BCUT2D eigenvalue weighted by Gasteiger charge is 2.25. The molecule has 0 aromatic carbocycles. The van der Waals surface area contributed by atoms with E-state index in [-0.39, 0.29) is 6.04 Å². The van der Waals surface area contributed by atoms with Gasteiger partial charge in [0, 0.05) is 6.04 Å². The van der Waals surface area contributed by atoms with E-state index < -0.39 is 30.4 Å². The number of aliphatic carboxylic acids is 2. The maximum absolute atomic E-state index is 11.7. The average Bonchev–Trinajstić information content (AvgIpc) is 2.38. The Morgan fingerprint density at radius 3 is 2.20 bits per heavy atom. The van der Waals surface area contributed by atoms with Crippen molar-refractivity contribution >= 4 is 18.0 Å². The van der Waals surface area contributed by atoms with E-state index in [2.05, 4.69) is 17.6 Å². The number of carbonyl (C=O) groups is 3. The van der Waals surface area contributed by atoms with Crippen LogP contribution in [0.2, 0.25) is 0 Å². The minimum Gasteiger partial charge on any atom is -0.481 e. The molecule has 2 amide bonds. The van der Waals surface area contributed by atoms with Gasteiger partial charge in [0.15, 0.2) is 0 Å². The second-order valence-corrected chi connectivity index (χ2v) is 5.23. The van der Waals surface area contributed by atoms with E-state index >= 15 is 0 Å². The summed E-state index contributed by atoms with van der Waals surface area (Å²) in [7, 11) is 0. The fourth-order valence-corrected chi connectivity index (χ4v) is 2.48. The third-order valence-electron chi connectivity index (χ3n) is 3.74. The summed E-state index contributed by atoms with van der Waals surface area (Å²) in [6.45, 7) is 2.15. The lowest BCUT2D eigenvalue weighted by atomic mass is 9.85. The molecule has 114 valence electrons. The molecule has 0 saturated heterocycles. The van der Waals surface area contributed by atoms with Crippen molar-refractivity contribution < 1.29 is 24.6 Å². The summed E-state index contributed by atoms with van der Waals surface area (Å²) in [6, 6.07) is -1.98. The van der Waals surface area contributed by atoms with Crippen molar-refractivity contribution in [3.63, 3.8) is 0 Å². The van der Waals surface area contributed by atoms with E-state index in [9.17, 15) is 14.4 Å². The van der Waals surface area contributed by atoms with Crippen molar-refractivity contribution in [2.75, 3.05) is 0 Å². The summed E-state index contributed by atoms with van der Waals surface area (Å²) in [5, 5.41) is 22.3. The van der Waals surface area contributed by atoms with E-state index in [0.717, 1.165) is 32.1 Å². The molecule has 4 N–H and O–H groups in total. The summed E-state index contributed by atoms with van der Waals surface area (Å²) in [5.74, 6) is -1.91. The van der Waals surface area contributed by atoms with Gasteiger partial charge in [-0.15, -0.1) is 0 Å². The second-order valence-electron chi connectivity index (χ2n) is 5.23. The first-order chi connectivity index (χ1) is 9.42. The maximum Gasteiger partial charge on any atom is 0.326 e. The van der Waals surface area contributed by atoms with Gasteiger partial charge in [-0.3, -0.25) is 4.79 Å². The first kappa shape index (κ1) is 16.3. The van der Waals surface area contributed by atoms with Gasteiger partial charge >= 0.3 is 18.0 Å². The molecule has 0 aliphatic heterocycles. The molecular formula is C13H22N2O5. The van der Waals surface area contributed by atoms with E-state index in [1.54, 1.807) is 0 Å². The van der Waals surface area contributed by atoms with Crippen LogP contribution in [0.5, 0.6) is 0 Å². The minimum atomic E-state index is -1.40. The Hall–Kier alpha value is -1.79. The van der Waals surface area contributed by atoms with Crippen LogP contribution >= 0.6 is 0 Å². The summed E-state index contributed by atoms with van der Waals surface area (Å²) < 4.78 is 0. The van der Waals surface area contributed by atoms with Crippen LogP contribution in [0.25, 0.3) is 0 Å². The van der Waals surface area contributed by atoms with Crippen LogP contribution in [0.1, 0.15) is 45.4 Å². The van der Waals surface area contributed by atoms with Crippen LogP contribution in [-0.2, 0) is 9.59 Å². The van der Waals surface area contributed by atoms with Gasteiger partial charge in [0.05, 0.1) is 6.42 Å². The molecule has 0 spiro atoms. The highest BCUT2D eigenvalue weighted by molar-refractivity contribution is 5.86. The number of hydrogen-bond donors (Lipinski definition) is 4. The molecule has 1 aliphatic rings. The van der Waals surface area contributed by atoms with Gasteiger partial charge < -0.3 is 20.8 Å². The zero-order valence-corrected chi connectivity index (χ0v) is 11.6. The molecule has 0 radical (unpaired) electrons. The highest BCUT2D eigenvalue weighted by atomic mass is 16.4. The number of nitrogens with one attached hydrogen (secondary N) is 2. The van der Waals surface area contributed by atoms with Gasteiger partial charge in [-0.05, 0) is 31.6 Å². The number of hydrogen-bond acceptors (Lipinski definition) is 3. The van der Waals surface area contributed by atoms with E-state index in [0.29, 0.717) is 5.92 Å². The van der Waals surface area contributed by atoms with Crippen LogP contribution in [0, 0.1) is 5.92 Å². The molecule has 1 saturated carbocycles. The quantitative estimate of drug-likeness (QED) is 0.585. The van der Waals surface area contributed by atoms with Gasteiger partial charge in [-0.1, -0.05) is 13.3 Å². The molecule has 1 rings (SSSR count). The molecule has 20 heavy (non-hydrogen) atoms. The molecule has 0 aromatic rings. The molecule has 7 nitrogen and oxygen atoms in total. The molecule has 1 atom stereocenters. The summed E-state index contributed by atoms with van der Waals surface area (Å²) >= 11 is 0. The van der Waals surface area contributed by atoms with Crippen molar-refractivity contribution in [1.29, 1.82) is 0 Å². The normalized spacial score (nSPS) is 23.6. The van der Waals surface area contributed by atoms with Gasteiger partial charge in [0.2, 0.25) is 0 Å². The second kappa shape index (κ2) is 7.72. The van der Waals surface area contributed by atoms with Crippen molar-refractivity contribution in [1.82, 2.24) is 10.6 Å². The van der Waals surface area contributed by atoms with Gasteiger partial charge in [-0.25, -0.2) is 9.59 Å². The predicted octanol–water partition coefficient (Wildman–Crippen LogP) is 1.18. The van der Waals surface area contributed by atoms with Crippen LogP contribution in [-0.4, -0.2) is 40.3 Å². The summed E-state index contributed by atoms with van der Waals surface area (Å²) in [4.78, 5) is 33.0. The van der Waals surface area contributed by atoms with Crippen LogP contribution in [0.15, 0.2) is 0 Å². The fourth-order valence-electron chi connectivity index (χ4n) is 2.48. The number of rotatable bonds is 6. The van der Waals surface area contributed by atoms with Gasteiger partial charge in [0.1, 0.15) is 6.04 Å². The Morgan fingerprint density at radius 2 is 1.75 bits per heavy atom. The zero-order valence-electron chi connectivity index (χ0n) is 11.6. The third kappa shape index (κ3) is 5.46. The van der Waals surface area contributed by atoms with E-state index in [4.69, 9.17) is 10.2 Å². The number of carboxylic acids is 2. The Morgan fingerprint density at radius 1 is 1.15 bits per heavy atom. The first-order valence-electron chi connectivity index (χ1n) is 6.94. The average molecular weight is 286 g/mol. The lowest BCUT2D eigenvalue weighted by molar-refractivity contribution is -0.145. The lowest BCUT2D eigenvalue weighted by Gasteiger charge is -2.28.